The number of likely N-dealkylation sites (tertiary alicyclic amines) is 2. The zero-order valence-corrected chi connectivity index (χ0v) is 22.1. The topological polar surface area (TPSA) is 60.5 Å². The second-order valence-electron chi connectivity index (χ2n) is 9.58. The van der Waals surface area contributed by atoms with E-state index in [1.54, 1.807) is 14.2 Å². The van der Waals surface area contributed by atoms with Gasteiger partial charge in [-0.15, -0.1) is 0 Å². The maximum Gasteiger partial charge on any atom is 0.222 e. The van der Waals surface area contributed by atoms with E-state index in [9.17, 15) is 4.79 Å². The molecule has 7 nitrogen and oxygen atoms in total. The van der Waals surface area contributed by atoms with Crippen LogP contribution in [-0.4, -0.2) is 74.9 Å². The van der Waals surface area contributed by atoms with Gasteiger partial charge in [0.2, 0.25) is 5.91 Å². The lowest BCUT2D eigenvalue weighted by atomic mass is 9.91. The molecule has 2 aliphatic rings. The molecule has 1 amide bonds. The van der Waals surface area contributed by atoms with Crippen molar-refractivity contribution >= 4 is 17.5 Å². The van der Waals surface area contributed by atoms with E-state index in [-0.39, 0.29) is 11.5 Å². The number of rotatable bonds is 12. The van der Waals surface area contributed by atoms with Crippen LogP contribution in [0.4, 0.5) is 0 Å². The summed E-state index contributed by atoms with van der Waals surface area (Å²) in [4.78, 5) is 16.1. The molecular formula is C28H37ClN2O5. The standard InChI is InChI=1S/C28H37ClN2O5/c1-33-25-10-9-22(18-26(25)35-17-5-14-31-13-4-8-27(31)32)20-30-15-11-28(34-2,12-16-30)21-36-24-7-3-6-23(29)19-24/h3,6-7,9-10,18-19H,4-5,8,11-17,20-21H2,1-2H3. The minimum absolute atomic E-state index is 0.254. The van der Waals surface area contributed by atoms with Gasteiger partial charge in [-0.05, 0) is 61.6 Å². The third kappa shape index (κ3) is 7.05. The van der Waals surface area contributed by atoms with Crippen LogP contribution in [0.3, 0.4) is 0 Å². The fourth-order valence-corrected chi connectivity index (χ4v) is 5.05. The highest BCUT2D eigenvalue weighted by molar-refractivity contribution is 6.30. The Bertz CT molecular complexity index is 1010. The molecule has 8 heteroatoms. The first kappa shape index (κ1) is 26.6. The van der Waals surface area contributed by atoms with Crippen molar-refractivity contribution in [2.24, 2.45) is 0 Å². The predicted octanol–water partition coefficient (Wildman–Crippen LogP) is 4.80. The Morgan fingerprint density at radius 2 is 1.83 bits per heavy atom. The summed E-state index contributed by atoms with van der Waals surface area (Å²) in [6, 6.07) is 13.6. The Kier molecular flexibility index (Phi) is 9.35. The second-order valence-corrected chi connectivity index (χ2v) is 10.0. The molecule has 4 rings (SSSR count). The van der Waals surface area contributed by atoms with Gasteiger partial charge in [-0.3, -0.25) is 9.69 Å². The van der Waals surface area contributed by atoms with Crippen molar-refractivity contribution in [3.63, 3.8) is 0 Å². The molecule has 0 radical (unpaired) electrons. The number of hydrogen-bond acceptors (Lipinski definition) is 6. The van der Waals surface area contributed by atoms with Crippen molar-refractivity contribution in [1.29, 1.82) is 0 Å². The van der Waals surface area contributed by atoms with E-state index in [1.165, 1.54) is 5.56 Å². The number of hydrogen-bond donors (Lipinski definition) is 0. The lowest BCUT2D eigenvalue weighted by molar-refractivity contribution is -0.127. The van der Waals surface area contributed by atoms with Gasteiger partial charge in [-0.2, -0.15) is 0 Å². The fourth-order valence-electron chi connectivity index (χ4n) is 4.87. The van der Waals surface area contributed by atoms with E-state index < -0.39 is 0 Å². The molecule has 2 aliphatic heterocycles. The van der Waals surface area contributed by atoms with E-state index >= 15 is 0 Å². The minimum atomic E-state index is -0.302. The summed E-state index contributed by atoms with van der Waals surface area (Å²) in [7, 11) is 3.43. The average Bonchev–Trinajstić information content (AvgIpc) is 3.31. The Morgan fingerprint density at radius 3 is 2.53 bits per heavy atom. The van der Waals surface area contributed by atoms with E-state index in [0.29, 0.717) is 24.7 Å². The molecule has 0 spiro atoms. The first-order valence-electron chi connectivity index (χ1n) is 12.7. The summed E-state index contributed by atoms with van der Waals surface area (Å²) < 4.78 is 23.5. The summed E-state index contributed by atoms with van der Waals surface area (Å²) in [6.07, 6.45) is 4.22. The van der Waals surface area contributed by atoms with Crippen LogP contribution in [0.2, 0.25) is 5.02 Å². The van der Waals surface area contributed by atoms with Crippen LogP contribution in [0, 0.1) is 0 Å². The molecule has 0 unspecified atom stereocenters. The summed E-state index contributed by atoms with van der Waals surface area (Å²) >= 11 is 6.08. The summed E-state index contributed by atoms with van der Waals surface area (Å²) in [5.74, 6) is 2.50. The van der Waals surface area contributed by atoms with Gasteiger partial charge in [0.1, 0.15) is 18.0 Å². The highest BCUT2D eigenvalue weighted by Crippen LogP contribution is 2.31. The molecule has 0 aliphatic carbocycles. The third-order valence-corrected chi connectivity index (χ3v) is 7.37. The molecule has 0 bridgehead atoms. The van der Waals surface area contributed by atoms with E-state index in [2.05, 4.69) is 17.0 Å². The van der Waals surface area contributed by atoms with E-state index in [0.717, 1.165) is 75.7 Å². The van der Waals surface area contributed by atoms with Crippen molar-refractivity contribution in [3.05, 3.63) is 53.1 Å². The van der Waals surface area contributed by atoms with Gasteiger partial charge >= 0.3 is 0 Å². The number of nitrogens with zero attached hydrogens (tertiary/aromatic N) is 2. The Balaban J connectivity index is 1.27. The van der Waals surface area contributed by atoms with Crippen LogP contribution >= 0.6 is 11.6 Å². The fraction of sp³-hybridized carbons (Fsp3) is 0.536. The van der Waals surface area contributed by atoms with Crippen LogP contribution in [-0.2, 0) is 16.1 Å². The minimum Gasteiger partial charge on any atom is -0.493 e. The lowest BCUT2D eigenvalue weighted by Gasteiger charge is -2.40. The summed E-state index contributed by atoms with van der Waals surface area (Å²) in [5, 5.41) is 0.665. The van der Waals surface area contributed by atoms with Crippen LogP contribution in [0.25, 0.3) is 0 Å². The van der Waals surface area contributed by atoms with Gasteiger partial charge < -0.3 is 23.8 Å². The highest BCUT2D eigenvalue weighted by Gasteiger charge is 2.35. The van der Waals surface area contributed by atoms with Gasteiger partial charge in [0.05, 0.1) is 13.7 Å². The smallest absolute Gasteiger partial charge is 0.222 e. The number of amides is 1. The molecule has 0 aromatic heterocycles. The van der Waals surface area contributed by atoms with Crippen LogP contribution < -0.4 is 14.2 Å². The largest absolute Gasteiger partial charge is 0.493 e. The number of benzene rings is 2. The molecule has 0 saturated carbocycles. The van der Waals surface area contributed by atoms with Crippen molar-refractivity contribution in [1.82, 2.24) is 9.80 Å². The molecule has 2 saturated heterocycles. The molecule has 0 N–H and O–H groups in total. The first-order valence-corrected chi connectivity index (χ1v) is 13.1. The quantitative estimate of drug-likeness (QED) is 0.378. The zero-order chi connectivity index (χ0) is 25.4. The third-order valence-electron chi connectivity index (χ3n) is 7.13. The van der Waals surface area contributed by atoms with Gasteiger partial charge in [-0.25, -0.2) is 0 Å². The number of carbonyl (C=O) groups excluding carboxylic acids is 1. The normalized spacial score (nSPS) is 17.9. The van der Waals surface area contributed by atoms with Gasteiger partial charge in [0, 0.05) is 51.3 Å². The van der Waals surface area contributed by atoms with E-state index in [1.807, 2.05) is 35.2 Å². The molecule has 2 aromatic carbocycles. The molecule has 2 heterocycles. The van der Waals surface area contributed by atoms with Gasteiger partial charge in [0.25, 0.3) is 0 Å². The van der Waals surface area contributed by atoms with Gasteiger partial charge in [0.15, 0.2) is 11.5 Å². The number of halogens is 1. The van der Waals surface area contributed by atoms with Crippen LogP contribution in [0.1, 0.15) is 37.7 Å². The number of piperidine rings is 1. The van der Waals surface area contributed by atoms with E-state index in [4.69, 9.17) is 30.5 Å². The molecule has 196 valence electrons. The Labute approximate surface area is 219 Å². The molecular weight excluding hydrogens is 480 g/mol. The monoisotopic (exact) mass is 516 g/mol. The predicted molar refractivity (Wildman–Crippen MR) is 140 cm³/mol. The second kappa shape index (κ2) is 12.7. The van der Waals surface area contributed by atoms with Crippen LogP contribution in [0.15, 0.2) is 42.5 Å². The van der Waals surface area contributed by atoms with Crippen LogP contribution in [0.5, 0.6) is 17.2 Å². The van der Waals surface area contributed by atoms with Crippen molar-refractivity contribution in [3.8, 4) is 17.2 Å². The van der Waals surface area contributed by atoms with Gasteiger partial charge in [-0.1, -0.05) is 23.7 Å². The average molecular weight is 517 g/mol. The number of ether oxygens (including phenoxy) is 4. The molecule has 2 aromatic rings. The van der Waals surface area contributed by atoms with Crippen molar-refractivity contribution in [2.45, 2.75) is 44.2 Å². The Hall–Kier alpha value is -2.48. The van der Waals surface area contributed by atoms with Crippen molar-refractivity contribution in [2.75, 3.05) is 53.6 Å². The molecule has 36 heavy (non-hydrogen) atoms. The lowest BCUT2D eigenvalue weighted by Crippen LogP contribution is -2.48. The highest BCUT2D eigenvalue weighted by atomic mass is 35.5. The Morgan fingerprint density at radius 1 is 1.00 bits per heavy atom. The number of carbonyl (C=O) groups is 1. The summed E-state index contributed by atoms with van der Waals surface area (Å²) in [6.45, 7) is 5.33. The molecule has 2 fully saturated rings. The first-order chi connectivity index (χ1) is 17.5. The van der Waals surface area contributed by atoms with Crippen molar-refractivity contribution < 1.29 is 23.7 Å². The number of methoxy groups -OCH3 is 2. The SMILES string of the molecule is COc1ccc(CN2CCC(COc3cccc(Cl)c3)(OC)CC2)cc1OCCCN1CCCC1=O. The molecule has 0 atom stereocenters. The maximum absolute atomic E-state index is 11.8. The summed E-state index contributed by atoms with van der Waals surface area (Å²) in [5.41, 5.74) is 0.879. The zero-order valence-electron chi connectivity index (χ0n) is 21.3. The maximum atomic E-state index is 11.8.